The van der Waals surface area contributed by atoms with Crippen LogP contribution in [-0.4, -0.2) is 67.3 Å². The summed E-state index contributed by atoms with van der Waals surface area (Å²) in [5.74, 6) is -0.506. The van der Waals surface area contributed by atoms with E-state index in [9.17, 15) is 26.4 Å². The Kier molecular flexibility index (Phi) is 10.1. The molecule has 0 radical (unpaired) electrons. The van der Waals surface area contributed by atoms with Crippen LogP contribution in [0.1, 0.15) is 47.3 Å². The summed E-state index contributed by atoms with van der Waals surface area (Å²) in [7, 11) is -1.07. The van der Waals surface area contributed by atoms with Gasteiger partial charge in [0.25, 0.3) is 5.91 Å². The Labute approximate surface area is 252 Å². The molecular weight excluding hydrogens is 603 g/mol. The normalized spacial score (nSPS) is 17.1. The molecule has 2 heterocycles. The average Bonchev–Trinajstić information content (AvgIpc) is 2.98. The van der Waals surface area contributed by atoms with Gasteiger partial charge in [0.15, 0.2) is 5.82 Å². The number of methoxy groups -OCH3 is 1. The van der Waals surface area contributed by atoms with E-state index in [-0.39, 0.29) is 41.7 Å². The van der Waals surface area contributed by atoms with E-state index in [2.05, 4.69) is 35.9 Å². The van der Waals surface area contributed by atoms with Crippen LogP contribution in [0.15, 0.2) is 36.8 Å². The SMILES string of the molecule is COc1cc(C(=O)NCC2CCC(N)CC2)ccc1Nc1ncc(C(F)(F)F)c(NCc2nccnc2N(C)S(C)(=O)=O)n1. The number of hydrogen-bond donors (Lipinski definition) is 4. The molecule has 0 saturated heterocycles. The molecule has 0 atom stereocenters. The van der Waals surface area contributed by atoms with Crippen molar-refractivity contribution in [3.05, 3.63) is 53.6 Å². The molecule has 0 aliphatic heterocycles. The second-order valence-electron chi connectivity index (χ2n) is 10.4. The number of alkyl halides is 3. The lowest BCUT2D eigenvalue weighted by molar-refractivity contribution is -0.137. The molecule has 3 aromatic rings. The lowest BCUT2D eigenvalue weighted by atomic mass is 9.86. The average molecular weight is 638 g/mol. The molecule has 1 aliphatic rings. The van der Waals surface area contributed by atoms with Gasteiger partial charge in [0.2, 0.25) is 16.0 Å². The van der Waals surface area contributed by atoms with E-state index in [4.69, 9.17) is 10.5 Å². The van der Waals surface area contributed by atoms with Crippen LogP contribution in [0, 0.1) is 5.92 Å². The van der Waals surface area contributed by atoms with Crippen molar-refractivity contribution in [2.24, 2.45) is 11.7 Å². The first kappa shape index (κ1) is 32.7. The lowest BCUT2D eigenvalue weighted by Crippen LogP contribution is -2.34. The van der Waals surface area contributed by atoms with Gasteiger partial charge in [-0.1, -0.05) is 0 Å². The molecule has 1 amide bonds. The van der Waals surface area contributed by atoms with E-state index < -0.39 is 27.6 Å². The Hall–Kier alpha value is -4.25. The third kappa shape index (κ3) is 8.22. The second kappa shape index (κ2) is 13.6. The number of nitrogens with two attached hydrogens (primary N) is 1. The van der Waals surface area contributed by atoms with Crippen LogP contribution < -0.4 is 30.7 Å². The molecular formula is C27H34F3N9O4S. The number of hydrogen-bond acceptors (Lipinski definition) is 11. The standard InChI is InChI=1S/C27H34F3N9O4S/c1-39(44(3,41)42)24-21(32-10-11-33-24)15-34-23-19(27(28,29)30)14-36-26(38-23)37-20-9-6-17(12-22(20)43-2)25(40)35-13-16-4-7-18(31)8-5-16/h6,9-12,14,16,18H,4-5,7-8,13,15,31H2,1-3H3,(H,35,40)(H2,34,36,37,38). The largest absolute Gasteiger partial charge is 0.495 e. The van der Waals surface area contributed by atoms with Crippen molar-refractivity contribution in [3.63, 3.8) is 0 Å². The number of halogens is 3. The van der Waals surface area contributed by atoms with Crippen LogP contribution in [0.2, 0.25) is 0 Å². The van der Waals surface area contributed by atoms with Gasteiger partial charge in [-0.3, -0.25) is 14.1 Å². The molecule has 13 nitrogen and oxygen atoms in total. The Morgan fingerprint density at radius 3 is 2.50 bits per heavy atom. The van der Waals surface area contributed by atoms with Gasteiger partial charge in [0.05, 0.1) is 25.6 Å². The number of rotatable bonds is 11. The number of carbonyl (C=O) groups is 1. The van der Waals surface area contributed by atoms with Gasteiger partial charge < -0.3 is 26.4 Å². The van der Waals surface area contributed by atoms with E-state index in [1.165, 1.54) is 38.7 Å². The first-order valence-corrected chi connectivity index (χ1v) is 15.5. The minimum atomic E-state index is -4.80. The van der Waals surface area contributed by atoms with Crippen LogP contribution in [-0.2, 0) is 22.7 Å². The summed E-state index contributed by atoms with van der Waals surface area (Å²) in [6, 6.07) is 4.81. The third-order valence-corrected chi connectivity index (χ3v) is 8.39. The van der Waals surface area contributed by atoms with Gasteiger partial charge in [-0.15, -0.1) is 0 Å². The Morgan fingerprint density at radius 2 is 1.84 bits per heavy atom. The van der Waals surface area contributed by atoms with Crippen molar-refractivity contribution < 1.29 is 31.1 Å². The van der Waals surface area contributed by atoms with Crippen LogP contribution in [0.5, 0.6) is 5.75 Å². The molecule has 0 bridgehead atoms. The Balaban J connectivity index is 1.51. The zero-order valence-electron chi connectivity index (χ0n) is 24.3. The highest BCUT2D eigenvalue weighted by atomic mass is 32.2. The number of anilines is 4. The third-order valence-electron chi connectivity index (χ3n) is 7.22. The summed E-state index contributed by atoms with van der Waals surface area (Å²) < 4.78 is 71.7. The fraction of sp³-hybridized carbons (Fsp3) is 0.444. The van der Waals surface area contributed by atoms with Gasteiger partial charge in [-0.2, -0.15) is 18.2 Å². The molecule has 17 heteroatoms. The van der Waals surface area contributed by atoms with Crippen molar-refractivity contribution in [2.75, 3.05) is 41.9 Å². The van der Waals surface area contributed by atoms with Crippen molar-refractivity contribution in [2.45, 2.75) is 44.4 Å². The van der Waals surface area contributed by atoms with Crippen molar-refractivity contribution >= 4 is 39.2 Å². The summed E-state index contributed by atoms with van der Waals surface area (Å²) in [5.41, 5.74) is 5.53. The van der Waals surface area contributed by atoms with Crippen molar-refractivity contribution in [1.82, 2.24) is 25.3 Å². The van der Waals surface area contributed by atoms with Crippen LogP contribution in [0.4, 0.5) is 36.4 Å². The molecule has 5 N–H and O–H groups in total. The number of benzene rings is 1. The molecule has 1 aromatic carbocycles. The Morgan fingerprint density at radius 1 is 1.14 bits per heavy atom. The maximum absolute atomic E-state index is 13.8. The highest BCUT2D eigenvalue weighted by Gasteiger charge is 2.35. The Bertz CT molecular complexity index is 1580. The van der Waals surface area contributed by atoms with Crippen molar-refractivity contribution in [1.29, 1.82) is 0 Å². The molecule has 1 fully saturated rings. The fourth-order valence-electron chi connectivity index (χ4n) is 4.64. The smallest absolute Gasteiger partial charge is 0.421 e. The quantitative estimate of drug-likeness (QED) is 0.243. The molecule has 4 rings (SSSR count). The second-order valence-corrected chi connectivity index (χ2v) is 12.4. The molecule has 2 aromatic heterocycles. The van der Waals surface area contributed by atoms with Crippen LogP contribution >= 0.6 is 0 Å². The van der Waals surface area contributed by atoms with Gasteiger partial charge in [0.1, 0.15) is 22.8 Å². The minimum absolute atomic E-state index is 0.0553. The molecule has 238 valence electrons. The zero-order chi connectivity index (χ0) is 32.1. The number of ether oxygens (including phenoxy) is 1. The summed E-state index contributed by atoms with van der Waals surface area (Å²) in [5, 5.41) is 8.35. The first-order chi connectivity index (χ1) is 20.8. The number of nitrogens with one attached hydrogen (secondary N) is 3. The predicted octanol–water partition coefficient (Wildman–Crippen LogP) is 3.29. The first-order valence-electron chi connectivity index (χ1n) is 13.7. The topological polar surface area (TPSA) is 177 Å². The fourth-order valence-corrected chi connectivity index (χ4v) is 5.11. The highest BCUT2D eigenvalue weighted by molar-refractivity contribution is 7.92. The molecule has 0 spiro atoms. The summed E-state index contributed by atoms with van der Waals surface area (Å²) >= 11 is 0. The monoisotopic (exact) mass is 637 g/mol. The number of aromatic nitrogens is 4. The van der Waals surface area contributed by atoms with Crippen LogP contribution in [0.25, 0.3) is 0 Å². The summed E-state index contributed by atoms with van der Waals surface area (Å²) in [4.78, 5) is 28.7. The van der Waals surface area contributed by atoms with E-state index >= 15 is 0 Å². The molecule has 1 saturated carbocycles. The molecule has 1 aliphatic carbocycles. The maximum atomic E-state index is 13.8. The highest BCUT2D eigenvalue weighted by Crippen LogP contribution is 2.35. The number of carbonyl (C=O) groups excluding carboxylic acids is 1. The van der Waals surface area contributed by atoms with Gasteiger partial charge in [0, 0.05) is 43.8 Å². The predicted molar refractivity (Wildman–Crippen MR) is 158 cm³/mol. The van der Waals surface area contributed by atoms with E-state index in [0.29, 0.717) is 29.9 Å². The number of amides is 1. The number of sulfonamides is 1. The van der Waals surface area contributed by atoms with Crippen LogP contribution in [0.3, 0.4) is 0 Å². The van der Waals surface area contributed by atoms with Gasteiger partial charge >= 0.3 is 6.18 Å². The molecule has 44 heavy (non-hydrogen) atoms. The maximum Gasteiger partial charge on any atom is 0.421 e. The number of nitrogens with zero attached hydrogens (tertiary/aromatic N) is 5. The van der Waals surface area contributed by atoms with Gasteiger partial charge in [-0.25, -0.2) is 18.4 Å². The van der Waals surface area contributed by atoms with E-state index in [0.717, 1.165) is 36.2 Å². The zero-order valence-corrected chi connectivity index (χ0v) is 25.2. The van der Waals surface area contributed by atoms with E-state index in [1.807, 2.05) is 0 Å². The van der Waals surface area contributed by atoms with Gasteiger partial charge in [-0.05, 0) is 49.8 Å². The summed E-state index contributed by atoms with van der Waals surface area (Å²) in [6.45, 7) is 0.201. The van der Waals surface area contributed by atoms with Crippen molar-refractivity contribution in [3.8, 4) is 5.75 Å². The summed E-state index contributed by atoms with van der Waals surface area (Å²) in [6.07, 6.45) is 3.10. The van der Waals surface area contributed by atoms with E-state index in [1.54, 1.807) is 6.07 Å². The lowest BCUT2D eigenvalue weighted by Gasteiger charge is -2.26. The minimum Gasteiger partial charge on any atom is -0.495 e. The molecule has 0 unspecified atom stereocenters.